The van der Waals surface area contributed by atoms with Gasteiger partial charge < -0.3 is 5.32 Å². The number of halogens is 1. The topological polar surface area (TPSA) is 37.8 Å². The molecule has 0 unspecified atom stereocenters. The van der Waals surface area contributed by atoms with Crippen molar-refractivity contribution in [2.75, 3.05) is 7.05 Å². The standard InChI is InChI=1S/C13H14BrN3/c1-9-7-10(8-15-2)17-13(16-9)11-5-3-4-6-12(11)14/h3-7,15H,8H2,1-2H3. The van der Waals surface area contributed by atoms with Gasteiger partial charge in [-0.2, -0.15) is 0 Å². The Bertz CT molecular complexity index is 526. The van der Waals surface area contributed by atoms with Crippen molar-refractivity contribution in [3.63, 3.8) is 0 Å². The van der Waals surface area contributed by atoms with E-state index in [0.29, 0.717) is 0 Å². The maximum absolute atomic E-state index is 4.55. The second-order valence-corrected chi connectivity index (χ2v) is 4.69. The number of benzene rings is 1. The van der Waals surface area contributed by atoms with Crippen LogP contribution in [0.3, 0.4) is 0 Å². The largest absolute Gasteiger partial charge is 0.314 e. The quantitative estimate of drug-likeness (QED) is 0.945. The van der Waals surface area contributed by atoms with Crippen LogP contribution in [-0.4, -0.2) is 17.0 Å². The highest BCUT2D eigenvalue weighted by Gasteiger charge is 2.07. The number of aromatic nitrogens is 2. The van der Waals surface area contributed by atoms with Crippen LogP contribution in [0.25, 0.3) is 11.4 Å². The Kier molecular flexibility index (Phi) is 3.86. The van der Waals surface area contributed by atoms with Crippen LogP contribution in [0, 0.1) is 6.92 Å². The van der Waals surface area contributed by atoms with E-state index in [2.05, 4.69) is 31.2 Å². The molecule has 88 valence electrons. The molecule has 1 aromatic carbocycles. The molecule has 1 heterocycles. The third-order valence-corrected chi connectivity index (χ3v) is 3.07. The zero-order valence-corrected chi connectivity index (χ0v) is 11.5. The van der Waals surface area contributed by atoms with E-state index in [1.54, 1.807) is 0 Å². The van der Waals surface area contributed by atoms with Gasteiger partial charge in [0.05, 0.1) is 5.69 Å². The molecule has 0 aliphatic heterocycles. The highest BCUT2D eigenvalue weighted by Crippen LogP contribution is 2.25. The monoisotopic (exact) mass is 291 g/mol. The molecule has 4 heteroatoms. The van der Waals surface area contributed by atoms with E-state index in [1.807, 2.05) is 44.3 Å². The highest BCUT2D eigenvalue weighted by atomic mass is 79.9. The lowest BCUT2D eigenvalue weighted by Crippen LogP contribution is -2.08. The SMILES string of the molecule is CNCc1cc(C)nc(-c2ccccc2Br)n1. The number of hydrogen-bond donors (Lipinski definition) is 1. The van der Waals surface area contributed by atoms with Gasteiger partial charge in [0.15, 0.2) is 5.82 Å². The van der Waals surface area contributed by atoms with Crippen LogP contribution in [0.15, 0.2) is 34.8 Å². The van der Waals surface area contributed by atoms with Gasteiger partial charge in [0.1, 0.15) is 0 Å². The maximum atomic E-state index is 4.55. The Morgan fingerprint density at radius 1 is 1.24 bits per heavy atom. The van der Waals surface area contributed by atoms with Gasteiger partial charge in [-0.05, 0) is 26.1 Å². The third-order valence-electron chi connectivity index (χ3n) is 2.38. The van der Waals surface area contributed by atoms with Crippen LogP contribution in [0.1, 0.15) is 11.4 Å². The summed E-state index contributed by atoms with van der Waals surface area (Å²) in [5.74, 6) is 0.766. The first-order valence-corrected chi connectivity index (χ1v) is 6.24. The zero-order valence-electron chi connectivity index (χ0n) is 9.87. The molecule has 0 aliphatic carbocycles. The molecular formula is C13H14BrN3. The minimum Gasteiger partial charge on any atom is -0.314 e. The molecule has 0 saturated carbocycles. The van der Waals surface area contributed by atoms with Crippen LogP contribution in [0.4, 0.5) is 0 Å². The van der Waals surface area contributed by atoms with E-state index in [4.69, 9.17) is 0 Å². The highest BCUT2D eigenvalue weighted by molar-refractivity contribution is 9.10. The molecule has 0 fully saturated rings. The molecule has 2 rings (SSSR count). The Labute approximate surface area is 109 Å². The van der Waals surface area contributed by atoms with E-state index in [1.165, 1.54) is 0 Å². The number of rotatable bonds is 3. The zero-order chi connectivity index (χ0) is 12.3. The van der Waals surface area contributed by atoms with Crippen LogP contribution in [0.5, 0.6) is 0 Å². The van der Waals surface area contributed by atoms with Crippen LogP contribution in [0.2, 0.25) is 0 Å². The third kappa shape index (κ3) is 2.90. The molecule has 2 aromatic rings. The van der Waals surface area contributed by atoms with Gasteiger partial charge in [0.2, 0.25) is 0 Å². The predicted octanol–water partition coefficient (Wildman–Crippen LogP) is 2.93. The summed E-state index contributed by atoms with van der Waals surface area (Å²) in [5.41, 5.74) is 3.01. The summed E-state index contributed by atoms with van der Waals surface area (Å²) in [6.07, 6.45) is 0. The number of hydrogen-bond acceptors (Lipinski definition) is 3. The molecule has 1 aromatic heterocycles. The van der Waals surface area contributed by atoms with Crippen molar-refractivity contribution in [3.8, 4) is 11.4 Å². The summed E-state index contributed by atoms with van der Waals surface area (Å²) < 4.78 is 1.01. The number of nitrogens with one attached hydrogen (secondary N) is 1. The Morgan fingerprint density at radius 2 is 2.00 bits per heavy atom. The molecule has 0 radical (unpaired) electrons. The van der Waals surface area contributed by atoms with Crippen molar-refractivity contribution < 1.29 is 0 Å². The Morgan fingerprint density at radius 3 is 2.71 bits per heavy atom. The van der Waals surface area contributed by atoms with Gasteiger partial charge in [-0.25, -0.2) is 9.97 Å². The van der Waals surface area contributed by atoms with E-state index < -0.39 is 0 Å². The van der Waals surface area contributed by atoms with Crippen LogP contribution >= 0.6 is 15.9 Å². The summed E-state index contributed by atoms with van der Waals surface area (Å²) in [7, 11) is 1.91. The average Bonchev–Trinajstić information content (AvgIpc) is 2.29. The molecule has 17 heavy (non-hydrogen) atoms. The Hall–Kier alpha value is -1.26. The second kappa shape index (κ2) is 5.38. The summed E-state index contributed by atoms with van der Waals surface area (Å²) >= 11 is 3.53. The smallest absolute Gasteiger partial charge is 0.160 e. The summed E-state index contributed by atoms with van der Waals surface area (Å²) in [6, 6.07) is 9.99. The lowest BCUT2D eigenvalue weighted by Gasteiger charge is -2.07. The lowest BCUT2D eigenvalue weighted by atomic mass is 10.2. The minimum atomic E-state index is 0.751. The van der Waals surface area contributed by atoms with Crippen molar-refractivity contribution in [1.29, 1.82) is 0 Å². The molecular weight excluding hydrogens is 278 g/mol. The molecule has 0 amide bonds. The Balaban J connectivity index is 2.48. The molecule has 0 saturated heterocycles. The van der Waals surface area contributed by atoms with E-state index in [-0.39, 0.29) is 0 Å². The molecule has 0 bridgehead atoms. The molecule has 0 atom stereocenters. The summed E-state index contributed by atoms with van der Waals surface area (Å²) in [5, 5.41) is 3.10. The van der Waals surface area contributed by atoms with Crippen LogP contribution in [-0.2, 0) is 6.54 Å². The lowest BCUT2D eigenvalue weighted by molar-refractivity contribution is 0.785. The minimum absolute atomic E-state index is 0.751. The summed E-state index contributed by atoms with van der Waals surface area (Å²) in [6.45, 7) is 2.74. The second-order valence-electron chi connectivity index (χ2n) is 3.83. The number of aryl methyl sites for hydroxylation is 1. The molecule has 0 spiro atoms. The molecule has 0 aliphatic rings. The predicted molar refractivity (Wildman–Crippen MR) is 72.7 cm³/mol. The fraction of sp³-hybridized carbons (Fsp3) is 0.231. The van der Waals surface area contributed by atoms with E-state index in [0.717, 1.165) is 33.8 Å². The van der Waals surface area contributed by atoms with E-state index in [9.17, 15) is 0 Å². The van der Waals surface area contributed by atoms with Crippen LogP contribution < -0.4 is 5.32 Å². The summed E-state index contributed by atoms with van der Waals surface area (Å²) in [4.78, 5) is 9.03. The van der Waals surface area contributed by atoms with Gasteiger partial charge in [0.25, 0.3) is 0 Å². The van der Waals surface area contributed by atoms with Gasteiger partial charge in [-0.3, -0.25) is 0 Å². The van der Waals surface area contributed by atoms with Gasteiger partial charge >= 0.3 is 0 Å². The van der Waals surface area contributed by atoms with Gasteiger partial charge in [-0.1, -0.05) is 34.1 Å². The molecule has 1 N–H and O–H groups in total. The normalized spacial score (nSPS) is 10.5. The van der Waals surface area contributed by atoms with Gasteiger partial charge in [0, 0.05) is 22.3 Å². The first kappa shape index (κ1) is 12.2. The van der Waals surface area contributed by atoms with Gasteiger partial charge in [-0.15, -0.1) is 0 Å². The maximum Gasteiger partial charge on any atom is 0.160 e. The first-order valence-electron chi connectivity index (χ1n) is 5.45. The number of nitrogens with zero attached hydrogens (tertiary/aromatic N) is 2. The van der Waals surface area contributed by atoms with E-state index >= 15 is 0 Å². The van der Waals surface area contributed by atoms with Crippen molar-refractivity contribution in [3.05, 3.63) is 46.2 Å². The fourth-order valence-electron chi connectivity index (χ4n) is 1.67. The van der Waals surface area contributed by atoms with Crippen molar-refractivity contribution >= 4 is 15.9 Å². The van der Waals surface area contributed by atoms with Crippen molar-refractivity contribution in [2.45, 2.75) is 13.5 Å². The molecule has 3 nitrogen and oxygen atoms in total. The first-order chi connectivity index (χ1) is 8.20. The van der Waals surface area contributed by atoms with Crippen molar-refractivity contribution in [2.24, 2.45) is 0 Å². The van der Waals surface area contributed by atoms with Crippen molar-refractivity contribution in [1.82, 2.24) is 15.3 Å². The fourth-order valence-corrected chi connectivity index (χ4v) is 2.13. The average molecular weight is 292 g/mol.